The van der Waals surface area contributed by atoms with Gasteiger partial charge in [-0.2, -0.15) is 0 Å². The Labute approximate surface area is 173 Å². The molecule has 3 aromatic rings. The number of hydrogen-bond acceptors (Lipinski definition) is 2. The molecule has 1 unspecified atom stereocenters. The Hall–Kier alpha value is -2.00. The van der Waals surface area contributed by atoms with Crippen LogP contribution in [0, 0.1) is 0 Å². The molecule has 0 saturated heterocycles. The predicted octanol–water partition coefficient (Wildman–Crippen LogP) is 7.50. The first-order valence-corrected chi connectivity index (χ1v) is 9.74. The van der Waals surface area contributed by atoms with Crippen molar-refractivity contribution in [2.45, 2.75) is 18.9 Å². The molecule has 136 valence electrons. The lowest BCUT2D eigenvalue weighted by atomic mass is 9.85. The Balaban J connectivity index is 1.86. The van der Waals surface area contributed by atoms with E-state index in [1.165, 1.54) is 0 Å². The van der Waals surface area contributed by atoms with Crippen LogP contribution in [0.4, 0.5) is 11.4 Å². The van der Waals surface area contributed by atoms with Gasteiger partial charge in [0.1, 0.15) is 0 Å². The van der Waals surface area contributed by atoms with Crippen molar-refractivity contribution in [1.82, 2.24) is 0 Å². The van der Waals surface area contributed by atoms with Crippen molar-refractivity contribution >= 4 is 51.9 Å². The van der Waals surface area contributed by atoms with Crippen LogP contribution in [0.3, 0.4) is 0 Å². The number of halogens is 3. The Morgan fingerprint density at radius 2 is 1.41 bits per heavy atom. The van der Waals surface area contributed by atoms with E-state index in [0.717, 1.165) is 33.2 Å². The normalized spacial score (nSPS) is 18.9. The van der Waals surface area contributed by atoms with Gasteiger partial charge in [0.2, 0.25) is 0 Å². The molecular weight excluding hydrogens is 399 g/mol. The molecule has 3 aromatic carbocycles. The molecule has 0 radical (unpaired) electrons. The van der Waals surface area contributed by atoms with Gasteiger partial charge in [0.05, 0.1) is 22.6 Å². The summed E-state index contributed by atoms with van der Waals surface area (Å²) in [5, 5.41) is 5.75. The van der Waals surface area contributed by atoms with Crippen LogP contribution in [0.2, 0.25) is 15.1 Å². The summed E-state index contributed by atoms with van der Waals surface area (Å²) in [6.45, 7) is 2.17. The fraction of sp³-hybridized carbons (Fsp3) is 0.136. The van der Waals surface area contributed by atoms with Crippen molar-refractivity contribution in [3.63, 3.8) is 0 Å². The van der Waals surface area contributed by atoms with Crippen molar-refractivity contribution < 1.29 is 0 Å². The van der Waals surface area contributed by atoms with E-state index in [9.17, 15) is 0 Å². The van der Waals surface area contributed by atoms with E-state index in [1.807, 2.05) is 54.6 Å². The average Bonchev–Trinajstić information content (AvgIpc) is 2.79. The quantitative estimate of drug-likeness (QED) is 0.460. The SMILES string of the molecule is CC1(c2ccc(Cl)cc2)CC(c2ccc(Cl)cc2)=Nc2cc(Cl)ccc2N1. The molecule has 1 atom stereocenters. The molecular formula is C22H17Cl3N2. The number of benzene rings is 3. The minimum Gasteiger partial charge on any atom is -0.374 e. The molecule has 4 rings (SSSR count). The van der Waals surface area contributed by atoms with Gasteiger partial charge in [-0.1, -0.05) is 59.1 Å². The van der Waals surface area contributed by atoms with Crippen molar-refractivity contribution in [2.24, 2.45) is 4.99 Å². The van der Waals surface area contributed by atoms with Crippen LogP contribution in [0.15, 0.2) is 71.7 Å². The molecule has 2 nitrogen and oxygen atoms in total. The molecule has 0 spiro atoms. The van der Waals surface area contributed by atoms with Gasteiger partial charge in [0.25, 0.3) is 0 Å². The second-order valence-electron chi connectivity index (χ2n) is 6.87. The number of aliphatic imine (C=N–C) groups is 1. The third-order valence-electron chi connectivity index (χ3n) is 4.81. The van der Waals surface area contributed by atoms with E-state index in [0.29, 0.717) is 16.5 Å². The number of nitrogens with zero attached hydrogens (tertiary/aromatic N) is 1. The molecule has 0 fully saturated rings. The molecule has 1 aliphatic heterocycles. The predicted molar refractivity (Wildman–Crippen MR) is 116 cm³/mol. The van der Waals surface area contributed by atoms with Gasteiger partial charge in [-0.05, 0) is 60.5 Å². The van der Waals surface area contributed by atoms with Crippen molar-refractivity contribution in [1.29, 1.82) is 0 Å². The average molecular weight is 416 g/mol. The maximum atomic E-state index is 6.22. The molecule has 0 aliphatic carbocycles. The van der Waals surface area contributed by atoms with Gasteiger partial charge in [0.15, 0.2) is 0 Å². The number of fused-ring (bicyclic) bond motifs is 1. The van der Waals surface area contributed by atoms with Gasteiger partial charge in [-0.25, -0.2) is 0 Å². The highest BCUT2D eigenvalue weighted by Gasteiger charge is 2.32. The monoisotopic (exact) mass is 414 g/mol. The van der Waals surface area contributed by atoms with Gasteiger partial charge >= 0.3 is 0 Å². The van der Waals surface area contributed by atoms with Crippen LogP contribution in [0.25, 0.3) is 0 Å². The molecule has 1 N–H and O–H groups in total. The summed E-state index contributed by atoms with van der Waals surface area (Å²) in [6, 6.07) is 21.4. The van der Waals surface area contributed by atoms with E-state index < -0.39 is 0 Å². The smallest absolute Gasteiger partial charge is 0.0879 e. The first-order chi connectivity index (χ1) is 12.9. The van der Waals surface area contributed by atoms with Crippen LogP contribution >= 0.6 is 34.8 Å². The summed E-state index contributed by atoms with van der Waals surface area (Å²) in [5.41, 5.74) is 4.55. The van der Waals surface area contributed by atoms with Gasteiger partial charge in [-0.3, -0.25) is 4.99 Å². The topological polar surface area (TPSA) is 24.4 Å². The van der Waals surface area contributed by atoms with Crippen LogP contribution in [-0.4, -0.2) is 5.71 Å². The molecule has 1 aliphatic rings. The molecule has 1 heterocycles. The zero-order chi connectivity index (χ0) is 19.0. The largest absolute Gasteiger partial charge is 0.374 e. The Kier molecular flexibility index (Phi) is 4.90. The molecule has 0 aromatic heterocycles. The molecule has 27 heavy (non-hydrogen) atoms. The minimum atomic E-state index is -0.359. The third kappa shape index (κ3) is 3.84. The number of anilines is 1. The highest BCUT2D eigenvalue weighted by Crippen LogP contribution is 2.40. The molecule has 0 amide bonds. The minimum absolute atomic E-state index is 0.359. The summed E-state index contributed by atoms with van der Waals surface area (Å²) >= 11 is 18.4. The van der Waals surface area contributed by atoms with E-state index in [2.05, 4.69) is 24.4 Å². The Morgan fingerprint density at radius 3 is 2.07 bits per heavy atom. The summed E-state index contributed by atoms with van der Waals surface area (Å²) in [6.07, 6.45) is 0.697. The highest BCUT2D eigenvalue weighted by molar-refractivity contribution is 6.31. The molecule has 0 saturated carbocycles. The van der Waals surface area contributed by atoms with Crippen LogP contribution in [-0.2, 0) is 5.54 Å². The number of nitrogens with one attached hydrogen (secondary N) is 1. The fourth-order valence-corrected chi connectivity index (χ4v) is 3.78. The zero-order valence-electron chi connectivity index (χ0n) is 14.6. The summed E-state index contributed by atoms with van der Waals surface area (Å²) in [5.74, 6) is 0. The molecule has 5 heteroatoms. The standard InChI is InChI=1S/C22H17Cl3N2/c1-22(15-4-8-17(24)9-5-15)13-21(14-2-6-16(23)7-3-14)26-20-12-18(25)10-11-19(20)27-22/h2-12,27H,13H2,1H3. The first-order valence-electron chi connectivity index (χ1n) is 8.60. The maximum absolute atomic E-state index is 6.22. The van der Waals surface area contributed by atoms with Crippen molar-refractivity contribution in [3.05, 3.63) is 92.9 Å². The van der Waals surface area contributed by atoms with Gasteiger partial charge in [0, 0.05) is 21.5 Å². The summed E-state index contributed by atoms with van der Waals surface area (Å²) < 4.78 is 0. The fourth-order valence-electron chi connectivity index (χ4n) is 3.37. The first kappa shape index (κ1) is 18.4. The summed E-state index contributed by atoms with van der Waals surface area (Å²) in [4.78, 5) is 4.94. The second kappa shape index (κ2) is 7.20. The van der Waals surface area contributed by atoms with Crippen LogP contribution in [0.5, 0.6) is 0 Å². The lowest BCUT2D eigenvalue weighted by Gasteiger charge is -2.32. The second-order valence-corrected chi connectivity index (χ2v) is 8.18. The van der Waals surface area contributed by atoms with E-state index in [4.69, 9.17) is 39.8 Å². The van der Waals surface area contributed by atoms with Gasteiger partial charge < -0.3 is 5.32 Å². The van der Waals surface area contributed by atoms with Crippen LogP contribution < -0.4 is 5.32 Å². The lowest BCUT2D eigenvalue weighted by Crippen LogP contribution is -2.33. The Morgan fingerprint density at radius 1 is 0.815 bits per heavy atom. The maximum Gasteiger partial charge on any atom is 0.0879 e. The summed E-state index contributed by atoms with van der Waals surface area (Å²) in [7, 11) is 0. The number of rotatable bonds is 2. The van der Waals surface area contributed by atoms with Crippen molar-refractivity contribution in [2.75, 3.05) is 5.32 Å². The highest BCUT2D eigenvalue weighted by atomic mass is 35.5. The molecule has 0 bridgehead atoms. The van der Waals surface area contributed by atoms with Crippen LogP contribution in [0.1, 0.15) is 24.5 Å². The number of hydrogen-bond donors (Lipinski definition) is 1. The Bertz CT molecular complexity index is 1010. The van der Waals surface area contributed by atoms with Crippen molar-refractivity contribution in [3.8, 4) is 0 Å². The van der Waals surface area contributed by atoms with E-state index >= 15 is 0 Å². The van der Waals surface area contributed by atoms with E-state index in [1.54, 1.807) is 0 Å². The van der Waals surface area contributed by atoms with Gasteiger partial charge in [-0.15, -0.1) is 0 Å². The lowest BCUT2D eigenvalue weighted by molar-refractivity contribution is 0.571. The van der Waals surface area contributed by atoms with E-state index in [-0.39, 0.29) is 5.54 Å². The zero-order valence-corrected chi connectivity index (χ0v) is 16.9. The third-order valence-corrected chi connectivity index (χ3v) is 5.54.